The van der Waals surface area contributed by atoms with E-state index in [1.807, 2.05) is 37.4 Å². The molecule has 13 heavy (non-hydrogen) atoms. The molecule has 0 spiro atoms. The highest BCUT2D eigenvalue weighted by molar-refractivity contribution is 5.17. The lowest BCUT2D eigenvalue weighted by Gasteiger charge is -2.15. The zero-order valence-electron chi connectivity index (χ0n) is 8.20. The first-order valence-corrected chi connectivity index (χ1v) is 4.64. The first kappa shape index (κ1) is 10.2. The minimum absolute atomic E-state index is 0.343. The van der Waals surface area contributed by atoms with E-state index in [4.69, 9.17) is 0 Å². The molecule has 1 aromatic rings. The van der Waals surface area contributed by atoms with Crippen LogP contribution in [-0.2, 0) is 0 Å². The maximum absolute atomic E-state index is 9.78. The van der Waals surface area contributed by atoms with Gasteiger partial charge in [-0.25, -0.2) is 0 Å². The van der Waals surface area contributed by atoms with Gasteiger partial charge in [0.15, 0.2) is 0 Å². The molecule has 0 saturated heterocycles. The standard InChI is InChI=1S/C11H17NO/c1-9(12-2)8-11(13)10-6-4-3-5-7-10/h3-7,9,11-13H,8H2,1-2H3/t9-,11-/m0/s1. The van der Waals surface area contributed by atoms with Crippen LogP contribution >= 0.6 is 0 Å². The lowest BCUT2D eigenvalue weighted by atomic mass is 10.0. The van der Waals surface area contributed by atoms with Gasteiger partial charge in [-0.15, -0.1) is 0 Å². The molecule has 1 rings (SSSR count). The largest absolute Gasteiger partial charge is 0.388 e. The lowest BCUT2D eigenvalue weighted by Crippen LogP contribution is -2.23. The van der Waals surface area contributed by atoms with Gasteiger partial charge in [0.25, 0.3) is 0 Å². The summed E-state index contributed by atoms with van der Waals surface area (Å²) in [5, 5.41) is 12.9. The summed E-state index contributed by atoms with van der Waals surface area (Å²) >= 11 is 0. The van der Waals surface area contributed by atoms with Gasteiger partial charge in [0, 0.05) is 6.04 Å². The molecule has 0 aliphatic carbocycles. The van der Waals surface area contributed by atoms with E-state index < -0.39 is 0 Å². The molecule has 2 heteroatoms. The quantitative estimate of drug-likeness (QED) is 0.737. The van der Waals surface area contributed by atoms with Crippen LogP contribution in [0.5, 0.6) is 0 Å². The van der Waals surface area contributed by atoms with E-state index >= 15 is 0 Å². The molecule has 0 amide bonds. The fourth-order valence-corrected chi connectivity index (χ4v) is 1.26. The van der Waals surface area contributed by atoms with Crippen LogP contribution < -0.4 is 5.32 Å². The second-order valence-corrected chi connectivity index (χ2v) is 3.35. The number of aliphatic hydroxyl groups is 1. The van der Waals surface area contributed by atoms with Crippen molar-refractivity contribution in [2.24, 2.45) is 0 Å². The second-order valence-electron chi connectivity index (χ2n) is 3.35. The molecule has 0 aromatic heterocycles. The molecular weight excluding hydrogens is 162 g/mol. The maximum Gasteiger partial charge on any atom is 0.0804 e. The Morgan fingerprint density at radius 2 is 1.92 bits per heavy atom. The van der Waals surface area contributed by atoms with Crippen LogP contribution in [0.15, 0.2) is 30.3 Å². The minimum Gasteiger partial charge on any atom is -0.388 e. The van der Waals surface area contributed by atoms with Crippen molar-refractivity contribution in [3.63, 3.8) is 0 Å². The van der Waals surface area contributed by atoms with Crippen molar-refractivity contribution in [2.75, 3.05) is 7.05 Å². The Balaban J connectivity index is 2.53. The van der Waals surface area contributed by atoms with Crippen molar-refractivity contribution in [3.8, 4) is 0 Å². The Kier molecular flexibility index (Phi) is 3.93. The molecule has 0 saturated carbocycles. The first-order valence-electron chi connectivity index (χ1n) is 4.64. The monoisotopic (exact) mass is 179 g/mol. The van der Waals surface area contributed by atoms with Crippen molar-refractivity contribution in [1.82, 2.24) is 5.32 Å². The van der Waals surface area contributed by atoms with Gasteiger partial charge >= 0.3 is 0 Å². The molecule has 0 bridgehead atoms. The van der Waals surface area contributed by atoms with Crippen molar-refractivity contribution >= 4 is 0 Å². The van der Waals surface area contributed by atoms with Crippen LogP contribution in [-0.4, -0.2) is 18.2 Å². The van der Waals surface area contributed by atoms with Crippen LogP contribution in [0.2, 0.25) is 0 Å². The van der Waals surface area contributed by atoms with Gasteiger partial charge in [0.05, 0.1) is 6.10 Å². The van der Waals surface area contributed by atoms with E-state index in [9.17, 15) is 5.11 Å². The van der Waals surface area contributed by atoms with Crippen LogP contribution in [0.3, 0.4) is 0 Å². The molecule has 2 atom stereocenters. The molecule has 2 N–H and O–H groups in total. The summed E-state index contributed by atoms with van der Waals surface area (Å²) in [6.07, 6.45) is 0.393. The van der Waals surface area contributed by atoms with Gasteiger partial charge in [0.2, 0.25) is 0 Å². The third kappa shape index (κ3) is 3.17. The Morgan fingerprint density at radius 3 is 2.46 bits per heavy atom. The topological polar surface area (TPSA) is 32.3 Å². The number of aliphatic hydroxyl groups excluding tert-OH is 1. The van der Waals surface area contributed by atoms with Crippen molar-refractivity contribution in [2.45, 2.75) is 25.5 Å². The summed E-state index contributed by atoms with van der Waals surface area (Å²) in [6.45, 7) is 2.06. The zero-order chi connectivity index (χ0) is 9.68. The molecular formula is C11H17NO. The average Bonchev–Trinajstić information content (AvgIpc) is 2.19. The van der Waals surface area contributed by atoms with Gasteiger partial charge in [-0.05, 0) is 26.0 Å². The maximum atomic E-state index is 9.78. The van der Waals surface area contributed by atoms with Crippen molar-refractivity contribution < 1.29 is 5.11 Å². The van der Waals surface area contributed by atoms with E-state index in [0.717, 1.165) is 12.0 Å². The SMILES string of the molecule is CN[C@@H](C)C[C@H](O)c1ccccc1. The fourth-order valence-electron chi connectivity index (χ4n) is 1.26. The highest BCUT2D eigenvalue weighted by Gasteiger charge is 2.09. The Hall–Kier alpha value is -0.860. The van der Waals surface area contributed by atoms with Crippen molar-refractivity contribution in [1.29, 1.82) is 0 Å². The van der Waals surface area contributed by atoms with Gasteiger partial charge in [-0.1, -0.05) is 30.3 Å². The van der Waals surface area contributed by atoms with E-state index in [2.05, 4.69) is 12.2 Å². The highest BCUT2D eigenvalue weighted by Crippen LogP contribution is 2.17. The molecule has 0 aliphatic heterocycles. The van der Waals surface area contributed by atoms with E-state index in [-0.39, 0.29) is 6.10 Å². The van der Waals surface area contributed by atoms with Crippen LogP contribution in [0.1, 0.15) is 25.0 Å². The molecule has 2 nitrogen and oxygen atoms in total. The number of nitrogens with one attached hydrogen (secondary N) is 1. The lowest BCUT2D eigenvalue weighted by molar-refractivity contribution is 0.155. The summed E-state index contributed by atoms with van der Waals surface area (Å²) in [4.78, 5) is 0. The summed E-state index contributed by atoms with van der Waals surface area (Å²) in [7, 11) is 1.91. The molecule has 72 valence electrons. The molecule has 1 aromatic carbocycles. The van der Waals surface area contributed by atoms with Gasteiger partial charge < -0.3 is 10.4 Å². The summed E-state index contributed by atoms with van der Waals surface area (Å²) in [5.74, 6) is 0. The molecule has 0 heterocycles. The van der Waals surface area contributed by atoms with Gasteiger partial charge in [0.1, 0.15) is 0 Å². The van der Waals surface area contributed by atoms with Crippen LogP contribution in [0, 0.1) is 0 Å². The normalized spacial score (nSPS) is 15.3. The predicted octanol–water partition coefficient (Wildman–Crippen LogP) is 1.72. The van der Waals surface area contributed by atoms with E-state index in [1.54, 1.807) is 0 Å². The Labute approximate surface area is 79.6 Å². The third-order valence-corrected chi connectivity index (χ3v) is 2.25. The minimum atomic E-state index is -0.358. The number of rotatable bonds is 4. The summed E-state index contributed by atoms with van der Waals surface area (Å²) < 4.78 is 0. The zero-order valence-corrected chi connectivity index (χ0v) is 8.20. The molecule has 0 fully saturated rings. The first-order chi connectivity index (χ1) is 6.24. The number of hydrogen-bond acceptors (Lipinski definition) is 2. The molecule has 0 aliphatic rings. The summed E-state index contributed by atoms with van der Waals surface area (Å²) in [6, 6.07) is 10.1. The van der Waals surface area contributed by atoms with E-state index in [1.165, 1.54) is 0 Å². The van der Waals surface area contributed by atoms with Gasteiger partial charge in [-0.3, -0.25) is 0 Å². The van der Waals surface area contributed by atoms with Crippen LogP contribution in [0.4, 0.5) is 0 Å². The Bertz CT molecular complexity index is 235. The fraction of sp³-hybridized carbons (Fsp3) is 0.455. The van der Waals surface area contributed by atoms with E-state index in [0.29, 0.717) is 6.04 Å². The van der Waals surface area contributed by atoms with Gasteiger partial charge in [-0.2, -0.15) is 0 Å². The van der Waals surface area contributed by atoms with Crippen LogP contribution in [0.25, 0.3) is 0 Å². The highest BCUT2D eigenvalue weighted by atomic mass is 16.3. The molecule has 0 unspecified atom stereocenters. The second kappa shape index (κ2) is 5.00. The molecule has 0 radical (unpaired) electrons. The predicted molar refractivity (Wildman–Crippen MR) is 54.5 cm³/mol. The smallest absolute Gasteiger partial charge is 0.0804 e. The average molecular weight is 179 g/mol. The number of hydrogen-bond donors (Lipinski definition) is 2. The summed E-state index contributed by atoms with van der Waals surface area (Å²) in [5.41, 5.74) is 0.990. The third-order valence-electron chi connectivity index (χ3n) is 2.25. The van der Waals surface area contributed by atoms with Crippen molar-refractivity contribution in [3.05, 3.63) is 35.9 Å². The number of benzene rings is 1. The Morgan fingerprint density at radius 1 is 1.31 bits per heavy atom.